The van der Waals surface area contributed by atoms with Gasteiger partial charge in [0.1, 0.15) is 12.0 Å². The molecule has 1 fully saturated rings. The van der Waals surface area contributed by atoms with Gasteiger partial charge in [-0.2, -0.15) is 0 Å². The number of nitrogens with one attached hydrogen (secondary N) is 2. The fourth-order valence-electron chi connectivity index (χ4n) is 2.57. The third kappa shape index (κ3) is 4.70. The second-order valence-corrected chi connectivity index (χ2v) is 6.97. The van der Waals surface area contributed by atoms with Crippen LogP contribution in [0.3, 0.4) is 0 Å². The van der Waals surface area contributed by atoms with Crippen LogP contribution in [0.25, 0.3) is 0 Å². The molecule has 0 unspecified atom stereocenters. The summed E-state index contributed by atoms with van der Waals surface area (Å²) in [6, 6.07) is 0. The summed E-state index contributed by atoms with van der Waals surface area (Å²) in [5, 5.41) is 0. The molecule has 1 aromatic heterocycles. The molecule has 1 aromatic rings. The van der Waals surface area contributed by atoms with E-state index in [1.54, 1.807) is 0 Å². The Labute approximate surface area is 143 Å². The van der Waals surface area contributed by atoms with Crippen molar-refractivity contribution in [3.05, 3.63) is 6.33 Å². The number of nitrogens with zero attached hydrogens (tertiary/aromatic N) is 3. The van der Waals surface area contributed by atoms with E-state index in [0.717, 1.165) is 25.9 Å². The molecule has 0 radical (unpaired) electrons. The highest BCUT2D eigenvalue weighted by atomic mass is 16.5. The topological polar surface area (TPSA) is 105 Å². The van der Waals surface area contributed by atoms with Gasteiger partial charge in [0.2, 0.25) is 0 Å². The Hall–Kier alpha value is -2.09. The van der Waals surface area contributed by atoms with E-state index in [-0.39, 0.29) is 17.4 Å². The van der Waals surface area contributed by atoms with Gasteiger partial charge in [-0.05, 0) is 40.5 Å². The van der Waals surface area contributed by atoms with E-state index in [4.69, 9.17) is 10.5 Å². The fraction of sp³-hybridized carbons (Fsp3) is 0.688. The number of esters is 1. The Bertz CT molecular complexity index is 564. The summed E-state index contributed by atoms with van der Waals surface area (Å²) in [4.78, 5) is 22.4. The number of hydrogen-bond acceptors (Lipinski definition) is 8. The van der Waals surface area contributed by atoms with Gasteiger partial charge in [0.15, 0.2) is 11.6 Å². The van der Waals surface area contributed by atoms with Crippen LogP contribution in [-0.4, -0.2) is 41.2 Å². The SMILES string of the molecule is CCOC(=O)C1CCN(c2ncnc(NNC(C)(C)C)c2N)CC1. The summed E-state index contributed by atoms with van der Waals surface area (Å²) in [6.07, 6.45) is 2.98. The molecule has 8 heteroatoms. The van der Waals surface area contributed by atoms with Gasteiger partial charge in [0.05, 0.1) is 12.5 Å². The lowest BCUT2D eigenvalue weighted by Gasteiger charge is -2.32. The van der Waals surface area contributed by atoms with Crippen molar-refractivity contribution in [1.82, 2.24) is 15.4 Å². The molecule has 4 N–H and O–H groups in total. The van der Waals surface area contributed by atoms with Crippen molar-refractivity contribution >= 4 is 23.3 Å². The van der Waals surface area contributed by atoms with Crippen molar-refractivity contribution < 1.29 is 9.53 Å². The molecule has 2 rings (SSSR count). The lowest BCUT2D eigenvalue weighted by molar-refractivity contribution is -0.148. The zero-order valence-electron chi connectivity index (χ0n) is 14.9. The van der Waals surface area contributed by atoms with Crippen LogP contribution >= 0.6 is 0 Å². The molecular weight excluding hydrogens is 308 g/mol. The maximum atomic E-state index is 11.8. The fourth-order valence-corrected chi connectivity index (χ4v) is 2.57. The first kappa shape index (κ1) is 18.3. The summed E-state index contributed by atoms with van der Waals surface area (Å²) < 4.78 is 5.10. The molecule has 0 bridgehead atoms. The maximum absolute atomic E-state index is 11.8. The van der Waals surface area contributed by atoms with Crippen molar-refractivity contribution in [3.63, 3.8) is 0 Å². The molecule has 2 heterocycles. The Morgan fingerprint density at radius 3 is 2.62 bits per heavy atom. The molecule has 1 saturated heterocycles. The first-order chi connectivity index (χ1) is 11.3. The van der Waals surface area contributed by atoms with Gasteiger partial charge in [0, 0.05) is 18.6 Å². The van der Waals surface area contributed by atoms with Crippen LogP contribution < -0.4 is 21.5 Å². The average molecular weight is 336 g/mol. The quantitative estimate of drug-likeness (QED) is 0.549. The molecule has 0 aromatic carbocycles. The zero-order chi connectivity index (χ0) is 17.7. The van der Waals surface area contributed by atoms with Crippen LogP contribution in [0, 0.1) is 5.92 Å². The molecule has 1 aliphatic rings. The predicted molar refractivity (Wildman–Crippen MR) is 94.5 cm³/mol. The van der Waals surface area contributed by atoms with E-state index in [9.17, 15) is 4.79 Å². The van der Waals surface area contributed by atoms with E-state index in [2.05, 4.69) is 25.7 Å². The van der Waals surface area contributed by atoms with Gasteiger partial charge in [0.25, 0.3) is 0 Å². The van der Waals surface area contributed by atoms with E-state index in [1.165, 1.54) is 6.33 Å². The number of ether oxygens (including phenoxy) is 1. The first-order valence-electron chi connectivity index (χ1n) is 8.37. The molecular formula is C16H28N6O2. The van der Waals surface area contributed by atoms with Gasteiger partial charge in [-0.25, -0.2) is 15.4 Å². The van der Waals surface area contributed by atoms with Crippen LogP contribution in [-0.2, 0) is 9.53 Å². The molecule has 8 nitrogen and oxygen atoms in total. The molecule has 0 amide bonds. The molecule has 0 saturated carbocycles. The third-order valence-electron chi connectivity index (χ3n) is 3.83. The second-order valence-electron chi connectivity index (χ2n) is 6.97. The Kier molecular flexibility index (Phi) is 5.82. The standard InChI is InChI=1S/C16H28N6O2/c1-5-24-15(23)11-6-8-22(9-7-11)14-12(17)13(18-10-19-14)20-21-16(2,3)4/h10-11,21H,5-9,17H2,1-4H3,(H,18,19,20). The van der Waals surface area contributed by atoms with Crippen LogP contribution in [0.1, 0.15) is 40.5 Å². The second kappa shape index (κ2) is 7.65. The minimum absolute atomic E-state index is 0.0376. The summed E-state index contributed by atoms with van der Waals surface area (Å²) in [6.45, 7) is 9.81. The zero-order valence-corrected chi connectivity index (χ0v) is 14.9. The van der Waals surface area contributed by atoms with Gasteiger partial charge in [-0.1, -0.05) is 0 Å². The maximum Gasteiger partial charge on any atom is 0.309 e. The first-order valence-corrected chi connectivity index (χ1v) is 8.37. The lowest BCUT2D eigenvalue weighted by Crippen LogP contribution is -2.41. The average Bonchev–Trinajstić information content (AvgIpc) is 2.53. The Morgan fingerprint density at radius 1 is 1.38 bits per heavy atom. The van der Waals surface area contributed by atoms with E-state index >= 15 is 0 Å². The number of aromatic nitrogens is 2. The van der Waals surface area contributed by atoms with E-state index in [0.29, 0.717) is 23.9 Å². The number of carbonyl (C=O) groups excluding carboxylic acids is 1. The van der Waals surface area contributed by atoms with Crippen molar-refractivity contribution in [2.24, 2.45) is 5.92 Å². The van der Waals surface area contributed by atoms with Gasteiger partial charge in [-0.3, -0.25) is 4.79 Å². The molecule has 24 heavy (non-hydrogen) atoms. The monoisotopic (exact) mass is 336 g/mol. The summed E-state index contributed by atoms with van der Waals surface area (Å²) in [5.41, 5.74) is 12.8. The van der Waals surface area contributed by atoms with Crippen molar-refractivity contribution in [1.29, 1.82) is 0 Å². The Morgan fingerprint density at radius 2 is 2.04 bits per heavy atom. The number of anilines is 3. The number of nitrogen functional groups attached to an aromatic ring is 1. The highest BCUT2D eigenvalue weighted by Gasteiger charge is 2.28. The number of carbonyl (C=O) groups is 1. The van der Waals surface area contributed by atoms with E-state index in [1.807, 2.05) is 27.7 Å². The number of hydrazine groups is 1. The summed E-state index contributed by atoms with van der Waals surface area (Å²) >= 11 is 0. The number of nitrogens with two attached hydrogens (primary N) is 1. The number of hydrogen-bond donors (Lipinski definition) is 3. The lowest BCUT2D eigenvalue weighted by atomic mass is 9.97. The molecule has 134 valence electrons. The van der Waals surface area contributed by atoms with Crippen molar-refractivity contribution in [2.75, 3.05) is 35.8 Å². The number of rotatable bonds is 5. The smallest absolute Gasteiger partial charge is 0.309 e. The largest absolute Gasteiger partial charge is 0.466 e. The molecule has 0 aliphatic carbocycles. The highest BCUT2D eigenvalue weighted by Crippen LogP contribution is 2.29. The minimum Gasteiger partial charge on any atom is -0.466 e. The number of piperidine rings is 1. The predicted octanol–water partition coefficient (Wildman–Crippen LogP) is 1.55. The van der Waals surface area contributed by atoms with Crippen LogP contribution in [0.2, 0.25) is 0 Å². The van der Waals surface area contributed by atoms with Crippen LogP contribution in [0.15, 0.2) is 6.33 Å². The summed E-state index contributed by atoms with van der Waals surface area (Å²) in [5.74, 6) is 1.11. The molecule has 0 spiro atoms. The highest BCUT2D eigenvalue weighted by molar-refractivity contribution is 5.76. The molecule has 0 atom stereocenters. The van der Waals surface area contributed by atoms with E-state index < -0.39 is 0 Å². The van der Waals surface area contributed by atoms with Crippen molar-refractivity contribution in [3.8, 4) is 0 Å². The van der Waals surface area contributed by atoms with Gasteiger partial charge < -0.3 is 20.8 Å². The van der Waals surface area contributed by atoms with Crippen LogP contribution in [0.5, 0.6) is 0 Å². The normalized spacial score (nSPS) is 16.1. The summed E-state index contributed by atoms with van der Waals surface area (Å²) in [7, 11) is 0. The Balaban J connectivity index is 2.02. The van der Waals surface area contributed by atoms with Crippen molar-refractivity contribution in [2.45, 2.75) is 46.1 Å². The molecule has 1 aliphatic heterocycles. The van der Waals surface area contributed by atoms with Gasteiger partial charge in [-0.15, -0.1) is 0 Å². The minimum atomic E-state index is -0.116. The van der Waals surface area contributed by atoms with Gasteiger partial charge >= 0.3 is 5.97 Å². The third-order valence-corrected chi connectivity index (χ3v) is 3.83. The van der Waals surface area contributed by atoms with Crippen LogP contribution in [0.4, 0.5) is 17.3 Å².